The highest BCUT2D eigenvalue weighted by Gasteiger charge is 2.22. The molecule has 9 heteroatoms. The Morgan fingerprint density at radius 1 is 1.39 bits per heavy atom. The Labute approximate surface area is 104 Å². The van der Waals surface area contributed by atoms with Crippen LogP contribution in [0.5, 0.6) is 0 Å². The Morgan fingerprint density at radius 3 is 2.50 bits per heavy atom. The lowest BCUT2D eigenvalue weighted by Gasteiger charge is -2.05. The number of hydrogen-bond donors (Lipinski definition) is 1. The summed E-state index contributed by atoms with van der Waals surface area (Å²) >= 11 is 0. The van der Waals surface area contributed by atoms with Gasteiger partial charge in [-0.25, -0.2) is 13.6 Å². The summed E-state index contributed by atoms with van der Waals surface area (Å²) in [7, 11) is -2.12. The van der Waals surface area contributed by atoms with Crippen LogP contribution in [-0.4, -0.2) is 33.0 Å². The van der Waals surface area contributed by atoms with Crippen molar-refractivity contribution in [3.63, 3.8) is 0 Å². The molecule has 2 rings (SSSR count). The highest BCUT2D eigenvalue weighted by atomic mass is 32.2. The molecule has 2 N–H and O–H groups in total. The van der Waals surface area contributed by atoms with Gasteiger partial charge in [-0.1, -0.05) is 0 Å². The maximum absolute atomic E-state index is 11.4. The molecule has 0 aromatic carbocycles. The molecule has 0 aliphatic heterocycles. The lowest BCUT2D eigenvalue weighted by Crippen LogP contribution is -2.18. The fraction of sp³-hybridized carbons (Fsp3) is 0.444. The first kappa shape index (κ1) is 12.7. The summed E-state index contributed by atoms with van der Waals surface area (Å²) in [6, 6.07) is 1.81. The van der Waals surface area contributed by atoms with Crippen LogP contribution in [0, 0.1) is 6.92 Å². The van der Waals surface area contributed by atoms with Crippen LogP contribution in [0.4, 0.5) is 0 Å². The number of hydrogen-bond acceptors (Lipinski definition) is 5. The molecule has 2 heterocycles. The summed E-state index contributed by atoms with van der Waals surface area (Å²) < 4.78 is 25.8. The largest absolute Gasteiger partial charge is 0.296 e. The van der Waals surface area contributed by atoms with E-state index < -0.39 is 10.0 Å². The Kier molecular flexibility index (Phi) is 2.95. The van der Waals surface area contributed by atoms with E-state index >= 15 is 0 Å². The number of nitrogens with two attached hydrogens (primary N) is 1. The topological polar surface area (TPSA) is 109 Å². The number of aryl methyl sites for hydroxylation is 2. The third-order valence-corrected chi connectivity index (χ3v) is 3.33. The molecule has 2 aromatic heterocycles. The van der Waals surface area contributed by atoms with E-state index in [9.17, 15) is 8.42 Å². The van der Waals surface area contributed by atoms with E-state index in [1.165, 1.54) is 4.57 Å². The van der Waals surface area contributed by atoms with Gasteiger partial charge in [-0.3, -0.25) is 9.25 Å². The van der Waals surface area contributed by atoms with Gasteiger partial charge in [-0.05, 0) is 19.9 Å². The van der Waals surface area contributed by atoms with Crippen LogP contribution in [0.2, 0.25) is 0 Å². The van der Waals surface area contributed by atoms with Crippen molar-refractivity contribution < 1.29 is 8.42 Å². The Bertz CT molecular complexity index is 684. The van der Waals surface area contributed by atoms with Crippen molar-refractivity contribution in [3.05, 3.63) is 11.8 Å². The van der Waals surface area contributed by atoms with Crippen molar-refractivity contribution in [2.75, 3.05) is 0 Å². The van der Waals surface area contributed by atoms with E-state index in [0.717, 1.165) is 5.69 Å². The molecule has 18 heavy (non-hydrogen) atoms. The van der Waals surface area contributed by atoms with Crippen molar-refractivity contribution in [1.29, 1.82) is 0 Å². The first-order valence-corrected chi connectivity index (χ1v) is 6.86. The van der Waals surface area contributed by atoms with Gasteiger partial charge in [0.05, 0.1) is 5.69 Å². The molecule has 0 atom stereocenters. The minimum absolute atomic E-state index is 0.237. The minimum atomic E-state index is -3.88. The average Bonchev–Trinajstić information content (AvgIpc) is 2.79. The van der Waals surface area contributed by atoms with Crippen LogP contribution in [-0.2, 0) is 23.6 Å². The van der Waals surface area contributed by atoms with Crippen LogP contribution in [0.25, 0.3) is 11.5 Å². The second-order valence-electron chi connectivity index (χ2n) is 3.89. The molecule has 0 saturated carbocycles. The van der Waals surface area contributed by atoms with Gasteiger partial charge in [0.15, 0.2) is 5.82 Å². The minimum Gasteiger partial charge on any atom is -0.296 e. The van der Waals surface area contributed by atoms with E-state index in [4.69, 9.17) is 5.14 Å². The molecule has 0 unspecified atom stereocenters. The normalized spacial score (nSPS) is 12.0. The van der Waals surface area contributed by atoms with Crippen LogP contribution < -0.4 is 5.14 Å². The zero-order valence-corrected chi connectivity index (χ0v) is 11.1. The molecule has 8 nitrogen and oxygen atoms in total. The summed E-state index contributed by atoms with van der Waals surface area (Å²) in [6.45, 7) is 4.04. The average molecular weight is 270 g/mol. The fourth-order valence-corrected chi connectivity index (χ4v) is 2.47. The van der Waals surface area contributed by atoms with E-state index in [1.807, 2.05) is 13.0 Å². The van der Waals surface area contributed by atoms with Gasteiger partial charge in [-0.2, -0.15) is 5.10 Å². The molecule has 0 spiro atoms. The van der Waals surface area contributed by atoms with Gasteiger partial charge < -0.3 is 0 Å². The lowest BCUT2D eigenvalue weighted by molar-refractivity contribution is 0.570. The number of rotatable bonds is 3. The number of nitrogens with zero attached hydrogens (tertiary/aromatic N) is 5. The molecular weight excluding hydrogens is 256 g/mol. The zero-order valence-electron chi connectivity index (χ0n) is 10.3. The van der Waals surface area contributed by atoms with Crippen LogP contribution in [0.15, 0.2) is 11.2 Å². The first-order chi connectivity index (χ1) is 8.34. The maximum Gasteiger partial charge on any atom is 0.273 e. The highest BCUT2D eigenvalue weighted by Crippen LogP contribution is 2.20. The number of sulfonamides is 1. The zero-order chi connectivity index (χ0) is 13.5. The first-order valence-electron chi connectivity index (χ1n) is 5.31. The predicted molar refractivity (Wildman–Crippen MR) is 64.0 cm³/mol. The fourth-order valence-electron chi connectivity index (χ4n) is 1.79. The molecule has 98 valence electrons. The van der Waals surface area contributed by atoms with Gasteiger partial charge in [0, 0.05) is 13.6 Å². The lowest BCUT2D eigenvalue weighted by atomic mass is 10.3. The van der Waals surface area contributed by atoms with Crippen molar-refractivity contribution in [1.82, 2.24) is 24.5 Å². The molecule has 2 aromatic rings. The van der Waals surface area contributed by atoms with Gasteiger partial charge in [0.2, 0.25) is 0 Å². The smallest absolute Gasteiger partial charge is 0.273 e. The molecule has 0 aliphatic rings. The second kappa shape index (κ2) is 4.18. The summed E-state index contributed by atoms with van der Waals surface area (Å²) in [6.07, 6.45) is 0. The van der Waals surface area contributed by atoms with Gasteiger partial charge >= 0.3 is 0 Å². The molecular formula is C9H14N6O2S. The molecule has 0 fully saturated rings. The van der Waals surface area contributed by atoms with Crippen molar-refractivity contribution in [3.8, 4) is 11.5 Å². The predicted octanol–water partition coefficient (Wildman–Crippen LogP) is -0.346. The van der Waals surface area contributed by atoms with Crippen LogP contribution in [0.1, 0.15) is 12.6 Å². The van der Waals surface area contributed by atoms with E-state index in [0.29, 0.717) is 18.1 Å². The Hall–Kier alpha value is -1.74. The van der Waals surface area contributed by atoms with E-state index in [-0.39, 0.29) is 5.16 Å². The highest BCUT2D eigenvalue weighted by molar-refractivity contribution is 7.89. The second-order valence-corrected chi connectivity index (χ2v) is 5.35. The number of aromatic nitrogens is 5. The standard InChI is InChI=1S/C9H14N6O2S/c1-4-15-8(7-5-6(2)13-14(7)3)11-12-9(15)18(10,16)17/h5H,4H2,1-3H3,(H2,10,16,17). The summed E-state index contributed by atoms with van der Waals surface area (Å²) in [5.41, 5.74) is 1.51. The molecule has 0 radical (unpaired) electrons. The van der Waals surface area contributed by atoms with Crippen LogP contribution in [0.3, 0.4) is 0 Å². The monoisotopic (exact) mass is 270 g/mol. The maximum atomic E-state index is 11.4. The number of primary sulfonamides is 1. The summed E-state index contributed by atoms with van der Waals surface area (Å²) in [5.74, 6) is 0.435. The SMILES string of the molecule is CCn1c(-c2cc(C)nn2C)nnc1S(N)(=O)=O. The summed E-state index contributed by atoms with van der Waals surface area (Å²) in [4.78, 5) is 0. The third-order valence-electron chi connectivity index (χ3n) is 2.52. The molecule has 0 amide bonds. The Morgan fingerprint density at radius 2 is 2.06 bits per heavy atom. The quantitative estimate of drug-likeness (QED) is 0.820. The van der Waals surface area contributed by atoms with Crippen LogP contribution >= 0.6 is 0 Å². The van der Waals surface area contributed by atoms with Gasteiger partial charge in [0.1, 0.15) is 5.69 Å². The van der Waals surface area contributed by atoms with E-state index in [2.05, 4.69) is 15.3 Å². The van der Waals surface area contributed by atoms with Gasteiger partial charge in [-0.15, -0.1) is 10.2 Å². The van der Waals surface area contributed by atoms with E-state index in [1.54, 1.807) is 18.7 Å². The van der Waals surface area contributed by atoms with Crippen molar-refractivity contribution in [2.24, 2.45) is 12.2 Å². The van der Waals surface area contributed by atoms with Crippen molar-refractivity contribution in [2.45, 2.75) is 25.5 Å². The molecule has 0 aliphatic carbocycles. The third kappa shape index (κ3) is 2.02. The Balaban J connectivity index is 2.67. The molecule has 0 saturated heterocycles. The van der Waals surface area contributed by atoms with Gasteiger partial charge in [0.25, 0.3) is 15.2 Å². The summed E-state index contributed by atoms with van der Waals surface area (Å²) in [5, 5.41) is 16.6. The van der Waals surface area contributed by atoms with Crippen molar-refractivity contribution >= 4 is 10.0 Å². The molecule has 0 bridgehead atoms.